The summed E-state index contributed by atoms with van der Waals surface area (Å²) >= 11 is 0. The molecule has 1 aliphatic rings. The van der Waals surface area contributed by atoms with Crippen LogP contribution in [0.4, 0.5) is 0 Å². The molecule has 0 amide bonds. The fourth-order valence-electron chi connectivity index (χ4n) is 2.44. The molecule has 15 heavy (non-hydrogen) atoms. The van der Waals surface area contributed by atoms with Crippen molar-refractivity contribution in [1.82, 2.24) is 4.90 Å². The van der Waals surface area contributed by atoms with Crippen molar-refractivity contribution in [3.8, 4) is 0 Å². The van der Waals surface area contributed by atoms with Gasteiger partial charge in [0.1, 0.15) is 0 Å². The van der Waals surface area contributed by atoms with Gasteiger partial charge in [0.2, 0.25) is 0 Å². The monoisotopic (exact) mass is 215 g/mol. The van der Waals surface area contributed by atoms with E-state index in [1.807, 2.05) is 0 Å². The lowest BCUT2D eigenvalue weighted by atomic mass is 10.1. The van der Waals surface area contributed by atoms with Crippen molar-refractivity contribution >= 4 is 0 Å². The lowest BCUT2D eigenvalue weighted by Crippen LogP contribution is -2.39. The second-order valence-corrected chi connectivity index (χ2v) is 4.40. The van der Waals surface area contributed by atoms with E-state index >= 15 is 0 Å². The van der Waals surface area contributed by atoms with Crippen LogP contribution in [0.2, 0.25) is 0 Å². The van der Waals surface area contributed by atoms with Crippen LogP contribution in [0.5, 0.6) is 0 Å². The van der Waals surface area contributed by atoms with Crippen molar-refractivity contribution in [2.45, 2.75) is 44.6 Å². The molecular weight excluding hydrogens is 190 g/mol. The highest BCUT2D eigenvalue weighted by atomic mass is 16.5. The lowest BCUT2D eigenvalue weighted by molar-refractivity contribution is 0.0947. The van der Waals surface area contributed by atoms with Gasteiger partial charge in [0.15, 0.2) is 0 Å². The smallest absolute Gasteiger partial charge is 0.0589 e. The number of aliphatic hydroxyl groups is 1. The van der Waals surface area contributed by atoms with E-state index in [1.54, 1.807) is 7.11 Å². The van der Waals surface area contributed by atoms with E-state index < -0.39 is 0 Å². The molecule has 3 nitrogen and oxygen atoms in total. The van der Waals surface area contributed by atoms with Gasteiger partial charge in [0.05, 0.1) is 13.2 Å². The van der Waals surface area contributed by atoms with E-state index in [2.05, 4.69) is 4.90 Å². The number of methoxy groups -OCH3 is 1. The molecule has 1 saturated carbocycles. The largest absolute Gasteiger partial charge is 0.395 e. The van der Waals surface area contributed by atoms with E-state index in [4.69, 9.17) is 9.84 Å². The Kier molecular flexibility index (Phi) is 6.98. The quantitative estimate of drug-likeness (QED) is 0.684. The first kappa shape index (κ1) is 12.9. The van der Waals surface area contributed by atoms with Crippen LogP contribution in [-0.4, -0.2) is 49.5 Å². The third-order valence-corrected chi connectivity index (χ3v) is 3.31. The molecule has 0 heterocycles. The van der Waals surface area contributed by atoms with Gasteiger partial charge in [0.25, 0.3) is 0 Å². The molecule has 0 aliphatic heterocycles. The number of hydrogen-bond acceptors (Lipinski definition) is 3. The summed E-state index contributed by atoms with van der Waals surface area (Å²) in [6.07, 6.45) is 8.05. The molecule has 0 aromatic heterocycles. The Morgan fingerprint density at radius 3 is 2.33 bits per heavy atom. The van der Waals surface area contributed by atoms with Gasteiger partial charge in [0, 0.05) is 26.2 Å². The summed E-state index contributed by atoms with van der Waals surface area (Å²) in [5.41, 5.74) is 0. The Hall–Kier alpha value is -0.120. The summed E-state index contributed by atoms with van der Waals surface area (Å²) in [6.45, 7) is 2.80. The fourth-order valence-corrected chi connectivity index (χ4v) is 2.44. The molecule has 0 spiro atoms. The Morgan fingerprint density at radius 2 is 1.80 bits per heavy atom. The van der Waals surface area contributed by atoms with E-state index in [-0.39, 0.29) is 6.61 Å². The Balaban J connectivity index is 2.36. The van der Waals surface area contributed by atoms with E-state index in [0.29, 0.717) is 6.04 Å². The van der Waals surface area contributed by atoms with E-state index in [1.165, 1.54) is 38.5 Å². The van der Waals surface area contributed by atoms with Crippen LogP contribution in [0.1, 0.15) is 38.5 Å². The molecule has 90 valence electrons. The van der Waals surface area contributed by atoms with Crippen molar-refractivity contribution < 1.29 is 9.84 Å². The Bertz CT molecular complexity index is 145. The van der Waals surface area contributed by atoms with Crippen molar-refractivity contribution in [3.63, 3.8) is 0 Å². The minimum absolute atomic E-state index is 0.264. The average molecular weight is 215 g/mol. The molecule has 3 heteroatoms. The Morgan fingerprint density at radius 1 is 1.13 bits per heavy atom. The molecule has 1 fully saturated rings. The molecule has 1 rings (SSSR count). The predicted octanol–water partition coefficient (Wildman–Crippen LogP) is 1.65. The highest BCUT2D eigenvalue weighted by Gasteiger charge is 2.18. The third kappa shape index (κ3) is 4.96. The van der Waals surface area contributed by atoms with Gasteiger partial charge in [-0.3, -0.25) is 4.90 Å². The maximum absolute atomic E-state index is 9.05. The van der Waals surface area contributed by atoms with Gasteiger partial charge in [-0.25, -0.2) is 0 Å². The van der Waals surface area contributed by atoms with Crippen LogP contribution in [0.15, 0.2) is 0 Å². The average Bonchev–Trinajstić information content (AvgIpc) is 2.52. The molecule has 0 unspecified atom stereocenters. The minimum Gasteiger partial charge on any atom is -0.395 e. The number of aliphatic hydroxyl groups excluding tert-OH is 1. The Labute approximate surface area is 93.4 Å². The summed E-state index contributed by atoms with van der Waals surface area (Å²) in [4.78, 5) is 2.40. The summed E-state index contributed by atoms with van der Waals surface area (Å²) in [6, 6.07) is 0.676. The molecule has 1 N–H and O–H groups in total. The third-order valence-electron chi connectivity index (χ3n) is 3.31. The van der Waals surface area contributed by atoms with Crippen molar-refractivity contribution in [1.29, 1.82) is 0 Å². The number of nitrogens with zero attached hydrogens (tertiary/aromatic N) is 1. The van der Waals surface area contributed by atoms with Crippen LogP contribution < -0.4 is 0 Å². The van der Waals surface area contributed by atoms with Gasteiger partial charge in [-0.2, -0.15) is 0 Å². The first-order valence-electron chi connectivity index (χ1n) is 6.22. The second kappa shape index (κ2) is 8.08. The molecule has 0 atom stereocenters. The van der Waals surface area contributed by atoms with Crippen LogP contribution in [0, 0.1) is 0 Å². The first-order chi connectivity index (χ1) is 7.38. The fraction of sp³-hybridized carbons (Fsp3) is 1.00. The summed E-state index contributed by atoms with van der Waals surface area (Å²) in [5.74, 6) is 0. The van der Waals surface area contributed by atoms with E-state index in [9.17, 15) is 0 Å². The molecule has 0 bridgehead atoms. The summed E-state index contributed by atoms with van der Waals surface area (Å²) in [7, 11) is 1.74. The van der Waals surface area contributed by atoms with Gasteiger partial charge in [-0.05, 0) is 12.8 Å². The van der Waals surface area contributed by atoms with Gasteiger partial charge in [-0.15, -0.1) is 0 Å². The van der Waals surface area contributed by atoms with Crippen LogP contribution in [0.25, 0.3) is 0 Å². The van der Waals surface area contributed by atoms with E-state index in [0.717, 1.165) is 19.7 Å². The number of rotatable bonds is 6. The maximum atomic E-state index is 9.05. The molecule has 0 aromatic rings. The van der Waals surface area contributed by atoms with Crippen LogP contribution in [0.3, 0.4) is 0 Å². The molecule has 1 aliphatic carbocycles. The topological polar surface area (TPSA) is 32.7 Å². The maximum Gasteiger partial charge on any atom is 0.0589 e. The van der Waals surface area contributed by atoms with Gasteiger partial charge >= 0.3 is 0 Å². The van der Waals surface area contributed by atoms with Crippen molar-refractivity contribution in [3.05, 3.63) is 0 Å². The first-order valence-corrected chi connectivity index (χ1v) is 6.22. The highest BCUT2D eigenvalue weighted by molar-refractivity contribution is 4.74. The summed E-state index contributed by atoms with van der Waals surface area (Å²) < 4.78 is 5.12. The SMILES string of the molecule is COCCN(CCO)C1CCCCCC1. The van der Waals surface area contributed by atoms with Crippen LogP contribution >= 0.6 is 0 Å². The molecule has 0 radical (unpaired) electrons. The molecule has 0 aromatic carbocycles. The number of hydrogen-bond donors (Lipinski definition) is 1. The minimum atomic E-state index is 0.264. The van der Waals surface area contributed by atoms with Gasteiger partial charge in [-0.1, -0.05) is 25.7 Å². The zero-order chi connectivity index (χ0) is 10.9. The van der Waals surface area contributed by atoms with Gasteiger partial charge < -0.3 is 9.84 Å². The molecule has 0 saturated heterocycles. The lowest BCUT2D eigenvalue weighted by Gasteiger charge is -2.30. The highest BCUT2D eigenvalue weighted by Crippen LogP contribution is 2.21. The predicted molar refractivity (Wildman–Crippen MR) is 62.0 cm³/mol. The zero-order valence-corrected chi connectivity index (χ0v) is 9.95. The second-order valence-electron chi connectivity index (χ2n) is 4.40. The van der Waals surface area contributed by atoms with Crippen molar-refractivity contribution in [2.75, 3.05) is 33.4 Å². The standard InChI is InChI=1S/C12H25NO2/c1-15-11-9-13(8-10-14)12-6-4-2-3-5-7-12/h12,14H,2-11H2,1H3. The zero-order valence-electron chi connectivity index (χ0n) is 9.95. The molecular formula is C12H25NO2. The summed E-state index contributed by atoms with van der Waals surface area (Å²) in [5, 5.41) is 9.05. The van der Waals surface area contributed by atoms with Crippen molar-refractivity contribution in [2.24, 2.45) is 0 Å². The number of ether oxygens (including phenoxy) is 1. The van der Waals surface area contributed by atoms with Crippen LogP contribution in [-0.2, 0) is 4.74 Å². The normalized spacial score (nSPS) is 19.4.